The molecule has 3 rings (SSSR count). The van der Waals surface area contributed by atoms with Crippen molar-refractivity contribution < 1.29 is 24.5 Å². The molecule has 2 heterocycles. The molecule has 3 N–H and O–H groups in total. The number of rotatable bonds is 7. The maximum atomic E-state index is 12.4. The van der Waals surface area contributed by atoms with Gasteiger partial charge in [-0.25, -0.2) is 4.79 Å². The van der Waals surface area contributed by atoms with Gasteiger partial charge in [0, 0.05) is 17.2 Å². The number of aromatic amines is 1. The van der Waals surface area contributed by atoms with Crippen molar-refractivity contribution in [1.82, 2.24) is 9.55 Å². The summed E-state index contributed by atoms with van der Waals surface area (Å²) in [6.45, 7) is 1.29. The molecule has 0 aliphatic carbocycles. The number of carbonyl (C=O) groups is 1. The third kappa shape index (κ3) is 4.30. The van der Waals surface area contributed by atoms with Crippen LogP contribution in [0.5, 0.6) is 0 Å². The summed E-state index contributed by atoms with van der Waals surface area (Å²) in [5, 5.41) is 20.7. The summed E-state index contributed by atoms with van der Waals surface area (Å²) in [4.78, 5) is 39.2. The average molecular weight is 422 g/mol. The fraction of sp³-hybridized carbons (Fsp3) is 0.421. The highest BCUT2D eigenvalue weighted by atomic mass is 32.2. The van der Waals surface area contributed by atoms with Gasteiger partial charge in [0.2, 0.25) is 0 Å². The molecule has 2 aromatic rings. The summed E-state index contributed by atoms with van der Waals surface area (Å²) in [5.74, 6) is -0.584. The van der Waals surface area contributed by atoms with E-state index in [2.05, 4.69) is 4.98 Å². The molecular formula is C19H22N2O7S. The predicted octanol–water partition coefficient (Wildman–Crippen LogP) is 0.272. The van der Waals surface area contributed by atoms with Crippen LogP contribution in [-0.2, 0) is 14.3 Å². The summed E-state index contributed by atoms with van der Waals surface area (Å²) in [6.07, 6.45) is -2.53. The number of benzene rings is 1. The number of hydrogen-bond acceptors (Lipinski definition) is 8. The van der Waals surface area contributed by atoms with Crippen molar-refractivity contribution in [2.75, 3.05) is 13.2 Å². The lowest BCUT2D eigenvalue weighted by molar-refractivity contribution is -0.145. The minimum atomic E-state index is -1.39. The molecular weight excluding hydrogens is 400 g/mol. The summed E-state index contributed by atoms with van der Waals surface area (Å²) < 4.78 is 10.6. The molecule has 9 nitrogen and oxygen atoms in total. The van der Waals surface area contributed by atoms with Crippen LogP contribution in [-0.4, -0.2) is 55.9 Å². The smallest absolute Gasteiger partial charge is 0.330 e. The van der Waals surface area contributed by atoms with Gasteiger partial charge in [-0.15, -0.1) is 11.8 Å². The van der Waals surface area contributed by atoms with E-state index in [4.69, 9.17) is 9.47 Å². The Bertz CT molecular complexity index is 961. The number of hydrogen-bond donors (Lipinski definition) is 3. The topological polar surface area (TPSA) is 131 Å². The molecule has 1 aliphatic rings. The zero-order valence-electron chi connectivity index (χ0n) is 15.7. The predicted molar refractivity (Wildman–Crippen MR) is 105 cm³/mol. The SMILES string of the molecule is CCOC(=O)C[C@]1(Sc2ccccc2)[C@H](O)[C@@H](CO)O[C@H]1n1ccc(=O)[nH]c1=O. The molecule has 1 aromatic carbocycles. The average Bonchev–Trinajstić information content (AvgIpc) is 2.94. The van der Waals surface area contributed by atoms with E-state index in [-0.39, 0.29) is 13.0 Å². The number of aromatic nitrogens is 2. The number of esters is 1. The Labute approximate surface area is 170 Å². The zero-order chi connectivity index (χ0) is 21.0. The van der Waals surface area contributed by atoms with Gasteiger partial charge in [-0.1, -0.05) is 18.2 Å². The summed E-state index contributed by atoms with van der Waals surface area (Å²) in [6, 6.07) is 10.2. The van der Waals surface area contributed by atoms with Gasteiger partial charge in [0.1, 0.15) is 17.0 Å². The van der Waals surface area contributed by atoms with Crippen LogP contribution in [0.2, 0.25) is 0 Å². The normalized spacial score (nSPS) is 26.4. The fourth-order valence-electron chi connectivity index (χ4n) is 3.36. The molecule has 0 saturated carbocycles. The Morgan fingerprint density at radius 2 is 2.03 bits per heavy atom. The zero-order valence-corrected chi connectivity index (χ0v) is 16.5. The lowest BCUT2D eigenvalue weighted by Gasteiger charge is -2.35. The van der Waals surface area contributed by atoms with E-state index in [1.54, 1.807) is 31.2 Å². The second-order valence-corrected chi connectivity index (χ2v) is 7.96. The van der Waals surface area contributed by atoms with Crippen molar-refractivity contribution in [2.45, 2.75) is 41.4 Å². The van der Waals surface area contributed by atoms with Crippen LogP contribution in [0.15, 0.2) is 57.1 Å². The molecule has 1 aliphatic heterocycles. The van der Waals surface area contributed by atoms with Crippen molar-refractivity contribution >= 4 is 17.7 Å². The molecule has 0 unspecified atom stereocenters. The van der Waals surface area contributed by atoms with Crippen molar-refractivity contribution in [3.8, 4) is 0 Å². The Kier molecular flexibility index (Phi) is 6.58. The van der Waals surface area contributed by atoms with E-state index in [0.29, 0.717) is 0 Å². The Hall–Kier alpha value is -2.40. The first-order chi connectivity index (χ1) is 13.9. The van der Waals surface area contributed by atoms with Crippen LogP contribution in [0.25, 0.3) is 0 Å². The first kappa shape index (κ1) is 21.3. The molecule has 10 heteroatoms. The highest BCUT2D eigenvalue weighted by Gasteiger charge is 2.59. The largest absolute Gasteiger partial charge is 0.466 e. The fourth-order valence-corrected chi connectivity index (χ4v) is 4.82. The van der Waals surface area contributed by atoms with Crippen molar-refractivity contribution in [3.63, 3.8) is 0 Å². The maximum absolute atomic E-state index is 12.4. The molecule has 0 bridgehead atoms. The quantitative estimate of drug-likeness (QED) is 0.542. The second kappa shape index (κ2) is 8.95. The van der Waals surface area contributed by atoms with Crippen LogP contribution in [0.3, 0.4) is 0 Å². The summed E-state index contributed by atoms with van der Waals surface area (Å²) in [7, 11) is 0. The van der Waals surface area contributed by atoms with E-state index in [0.717, 1.165) is 27.3 Å². The standard InChI is InChI=1S/C19H22N2O7S/c1-2-27-15(24)10-19(29-12-6-4-3-5-7-12)16(25)13(11-22)28-17(19)21-9-8-14(23)20-18(21)26/h3-9,13,16-17,22,25H,2,10-11H2,1H3,(H,20,23,26)/t13-,16-,17-,19+/m1/s1. The lowest BCUT2D eigenvalue weighted by atomic mass is 9.94. The van der Waals surface area contributed by atoms with Gasteiger partial charge in [-0.05, 0) is 19.1 Å². The minimum absolute atomic E-state index is 0.147. The van der Waals surface area contributed by atoms with E-state index < -0.39 is 47.0 Å². The molecule has 4 atom stereocenters. The van der Waals surface area contributed by atoms with Crippen LogP contribution >= 0.6 is 11.8 Å². The Balaban J connectivity index is 2.14. The third-order valence-corrected chi connectivity index (χ3v) is 6.11. The molecule has 1 fully saturated rings. The lowest BCUT2D eigenvalue weighted by Crippen LogP contribution is -2.48. The van der Waals surface area contributed by atoms with Crippen molar-refractivity contribution in [3.05, 3.63) is 63.4 Å². The number of ether oxygens (including phenoxy) is 2. The molecule has 0 radical (unpaired) electrons. The van der Waals surface area contributed by atoms with Crippen molar-refractivity contribution in [2.24, 2.45) is 0 Å². The Morgan fingerprint density at radius 3 is 2.66 bits per heavy atom. The van der Waals surface area contributed by atoms with Gasteiger partial charge < -0.3 is 19.7 Å². The van der Waals surface area contributed by atoms with Gasteiger partial charge in [-0.2, -0.15) is 0 Å². The second-order valence-electron chi connectivity index (χ2n) is 6.52. The molecule has 29 heavy (non-hydrogen) atoms. The molecule has 1 saturated heterocycles. The number of carbonyl (C=O) groups excluding carboxylic acids is 1. The van der Waals surface area contributed by atoms with E-state index >= 15 is 0 Å². The number of nitrogens with one attached hydrogen (secondary N) is 1. The van der Waals surface area contributed by atoms with Gasteiger partial charge >= 0.3 is 11.7 Å². The van der Waals surface area contributed by atoms with Crippen LogP contribution in [0.1, 0.15) is 19.6 Å². The Morgan fingerprint density at radius 1 is 1.31 bits per heavy atom. The number of thioether (sulfide) groups is 1. The maximum Gasteiger partial charge on any atom is 0.330 e. The van der Waals surface area contributed by atoms with E-state index in [1.165, 1.54) is 6.20 Å². The van der Waals surface area contributed by atoms with Crippen LogP contribution < -0.4 is 11.2 Å². The summed E-state index contributed by atoms with van der Waals surface area (Å²) >= 11 is 1.16. The highest BCUT2D eigenvalue weighted by molar-refractivity contribution is 8.00. The number of nitrogens with zero attached hydrogens (tertiary/aromatic N) is 1. The molecule has 0 amide bonds. The van der Waals surface area contributed by atoms with Gasteiger partial charge in [0.15, 0.2) is 6.23 Å². The molecule has 1 aromatic heterocycles. The summed E-state index contributed by atoms with van der Waals surface area (Å²) in [5.41, 5.74) is -1.34. The number of H-pyrrole nitrogens is 1. The van der Waals surface area contributed by atoms with Gasteiger partial charge in [0.25, 0.3) is 5.56 Å². The monoisotopic (exact) mass is 422 g/mol. The van der Waals surface area contributed by atoms with Crippen LogP contribution in [0, 0.1) is 0 Å². The van der Waals surface area contributed by atoms with Crippen molar-refractivity contribution in [1.29, 1.82) is 0 Å². The first-order valence-electron chi connectivity index (χ1n) is 9.07. The van der Waals surface area contributed by atoms with Gasteiger partial charge in [-0.3, -0.25) is 19.1 Å². The van der Waals surface area contributed by atoms with Gasteiger partial charge in [0.05, 0.1) is 19.6 Å². The first-order valence-corrected chi connectivity index (χ1v) is 9.88. The number of aliphatic hydroxyl groups excluding tert-OH is 2. The van der Waals surface area contributed by atoms with E-state index in [1.807, 2.05) is 6.07 Å². The number of aliphatic hydroxyl groups is 2. The molecule has 0 spiro atoms. The molecule has 156 valence electrons. The third-order valence-electron chi connectivity index (χ3n) is 4.64. The van der Waals surface area contributed by atoms with E-state index in [9.17, 15) is 24.6 Å². The minimum Gasteiger partial charge on any atom is -0.466 e. The highest BCUT2D eigenvalue weighted by Crippen LogP contribution is 2.52. The van der Waals surface area contributed by atoms with Crippen LogP contribution in [0.4, 0.5) is 0 Å².